The molecule has 3 rings (SSSR count). The summed E-state index contributed by atoms with van der Waals surface area (Å²) in [4.78, 5) is 11.4. The maximum Gasteiger partial charge on any atom is 0.322 e. The Morgan fingerprint density at radius 2 is 1.90 bits per heavy atom. The van der Waals surface area contributed by atoms with Crippen molar-refractivity contribution in [3.63, 3.8) is 0 Å². The van der Waals surface area contributed by atoms with Crippen molar-refractivity contribution >= 4 is 28.5 Å². The van der Waals surface area contributed by atoms with Gasteiger partial charge in [-0.1, -0.05) is 42.5 Å². The van der Waals surface area contributed by atoms with Crippen molar-refractivity contribution in [1.29, 1.82) is 0 Å². The third kappa shape index (κ3) is 2.19. The van der Waals surface area contributed by atoms with Crippen LogP contribution in [0.4, 0.5) is 0 Å². The second kappa shape index (κ2) is 4.79. The molecule has 3 nitrogen and oxygen atoms in total. The molecule has 0 aliphatic carbocycles. The zero-order chi connectivity index (χ0) is 14.3. The molecule has 1 saturated heterocycles. The van der Waals surface area contributed by atoms with Crippen LogP contribution in [0, 0.1) is 0 Å². The lowest BCUT2D eigenvalue weighted by atomic mass is 10.0. The molecule has 0 spiro atoms. The lowest BCUT2D eigenvalue weighted by molar-refractivity contribution is -0.139. The highest BCUT2D eigenvalue weighted by molar-refractivity contribution is 8.01. The van der Waals surface area contributed by atoms with Gasteiger partial charge in [0.05, 0.1) is 5.37 Å². The number of fused-ring (bicyclic) bond motifs is 1. The molecular weight excluding hydrogens is 270 g/mol. The third-order valence-electron chi connectivity index (χ3n) is 3.79. The van der Waals surface area contributed by atoms with E-state index < -0.39 is 12.0 Å². The van der Waals surface area contributed by atoms with Crippen molar-refractivity contribution in [2.45, 2.75) is 30.0 Å². The highest BCUT2D eigenvalue weighted by Gasteiger charge is 2.45. The SMILES string of the molecule is CC1(C)S[C@@H](c2cccc3ccccc23)N[C@H]1C(=O)O. The summed E-state index contributed by atoms with van der Waals surface area (Å²) in [6.45, 7) is 3.96. The average Bonchev–Trinajstić information content (AvgIpc) is 2.74. The third-order valence-corrected chi connectivity index (χ3v) is 5.26. The predicted octanol–water partition coefficient (Wildman–Crippen LogP) is 3.41. The minimum Gasteiger partial charge on any atom is -0.480 e. The standard InChI is InChI=1S/C16H17NO2S/c1-16(2)13(15(18)19)17-14(20-16)12-9-5-7-10-6-3-4-8-11(10)12/h3-9,13-14,17H,1-2H3,(H,18,19)/t13-,14-/m0/s1. The first-order valence-corrected chi connectivity index (χ1v) is 7.51. The van der Waals surface area contributed by atoms with Crippen LogP contribution < -0.4 is 5.32 Å². The lowest BCUT2D eigenvalue weighted by Crippen LogP contribution is -2.43. The van der Waals surface area contributed by atoms with Crippen molar-refractivity contribution in [3.8, 4) is 0 Å². The maximum atomic E-state index is 11.4. The summed E-state index contributed by atoms with van der Waals surface area (Å²) >= 11 is 1.68. The fourth-order valence-electron chi connectivity index (χ4n) is 2.76. The fraction of sp³-hybridized carbons (Fsp3) is 0.312. The minimum absolute atomic E-state index is 0.0113. The van der Waals surface area contributed by atoms with Crippen molar-refractivity contribution in [2.75, 3.05) is 0 Å². The molecule has 2 aromatic carbocycles. The fourth-order valence-corrected chi connectivity index (χ4v) is 4.21. The Morgan fingerprint density at radius 1 is 1.20 bits per heavy atom. The molecule has 20 heavy (non-hydrogen) atoms. The highest BCUT2D eigenvalue weighted by atomic mass is 32.2. The largest absolute Gasteiger partial charge is 0.480 e. The summed E-state index contributed by atoms with van der Waals surface area (Å²) in [6, 6.07) is 13.9. The van der Waals surface area contributed by atoms with Gasteiger partial charge in [-0.15, -0.1) is 11.8 Å². The number of nitrogens with one attached hydrogen (secondary N) is 1. The van der Waals surface area contributed by atoms with Crippen molar-refractivity contribution < 1.29 is 9.90 Å². The Kier molecular flexibility index (Phi) is 3.22. The van der Waals surface area contributed by atoms with Crippen LogP contribution in [0.3, 0.4) is 0 Å². The molecule has 2 N–H and O–H groups in total. The molecule has 2 atom stereocenters. The summed E-state index contributed by atoms with van der Waals surface area (Å²) in [6.07, 6.45) is 0. The van der Waals surface area contributed by atoms with Crippen molar-refractivity contribution in [1.82, 2.24) is 5.32 Å². The number of hydrogen-bond donors (Lipinski definition) is 2. The first-order chi connectivity index (χ1) is 9.49. The number of hydrogen-bond acceptors (Lipinski definition) is 3. The number of rotatable bonds is 2. The summed E-state index contributed by atoms with van der Waals surface area (Å²) < 4.78 is -0.326. The highest BCUT2D eigenvalue weighted by Crippen LogP contribution is 2.47. The van der Waals surface area contributed by atoms with Gasteiger partial charge in [0.25, 0.3) is 0 Å². The maximum absolute atomic E-state index is 11.4. The van der Waals surface area contributed by atoms with Crippen LogP contribution in [0.5, 0.6) is 0 Å². The van der Waals surface area contributed by atoms with Gasteiger partial charge in [-0.05, 0) is 30.2 Å². The number of benzene rings is 2. The monoisotopic (exact) mass is 287 g/mol. The van der Waals surface area contributed by atoms with Gasteiger partial charge in [0.15, 0.2) is 0 Å². The van der Waals surface area contributed by atoms with Crippen LogP contribution in [0.25, 0.3) is 10.8 Å². The van der Waals surface area contributed by atoms with Crippen LogP contribution in [0.1, 0.15) is 24.8 Å². The number of carbonyl (C=O) groups is 1. The molecule has 2 aromatic rings. The van der Waals surface area contributed by atoms with E-state index in [2.05, 4.69) is 29.6 Å². The summed E-state index contributed by atoms with van der Waals surface area (Å²) in [7, 11) is 0. The molecule has 104 valence electrons. The smallest absolute Gasteiger partial charge is 0.322 e. The summed E-state index contributed by atoms with van der Waals surface area (Å²) in [5.74, 6) is -0.787. The van der Waals surface area contributed by atoms with Crippen molar-refractivity contribution in [3.05, 3.63) is 48.0 Å². The van der Waals surface area contributed by atoms with Gasteiger partial charge in [-0.2, -0.15) is 0 Å². The van der Waals surface area contributed by atoms with E-state index in [9.17, 15) is 9.90 Å². The van der Waals surface area contributed by atoms with Crippen molar-refractivity contribution in [2.24, 2.45) is 0 Å². The van der Waals surface area contributed by atoms with Crippen LogP contribution in [0.15, 0.2) is 42.5 Å². The Morgan fingerprint density at radius 3 is 2.60 bits per heavy atom. The molecule has 0 radical (unpaired) electrons. The Bertz CT molecular complexity index is 663. The lowest BCUT2D eigenvalue weighted by Gasteiger charge is -2.20. The summed E-state index contributed by atoms with van der Waals surface area (Å²) in [5, 5.41) is 15.0. The number of carboxylic acid groups (broad SMARTS) is 1. The van der Waals surface area contributed by atoms with Gasteiger partial charge in [-0.25, -0.2) is 0 Å². The van der Waals surface area contributed by atoms with E-state index in [4.69, 9.17) is 0 Å². The Hall–Kier alpha value is -1.52. The van der Waals surface area contributed by atoms with E-state index in [-0.39, 0.29) is 10.1 Å². The molecular formula is C16H17NO2S. The number of aliphatic carboxylic acids is 1. The molecule has 1 heterocycles. The zero-order valence-corrected chi connectivity index (χ0v) is 12.3. The second-order valence-electron chi connectivity index (χ2n) is 5.61. The Labute approximate surface area is 122 Å². The van der Waals surface area contributed by atoms with E-state index in [0.29, 0.717) is 0 Å². The van der Waals surface area contributed by atoms with Crippen LogP contribution in [-0.2, 0) is 4.79 Å². The molecule has 0 amide bonds. The minimum atomic E-state index is -0.787. The quantitative estimate of drug-likeness (QED) is 0.888. The summed E-state index contributed by atoms with van der Waals surface area (Å²) in [5.41, 5.74) is 1.16. The van der Waals surface area contributed by atoms with Gasteiger partial charge >= 0.3 is 5.97 Å². The molecule has 0 saturated carbocycles. The van der Waals surface area contributed by atoms with Crippen LogP contribution in [-0.4, -0.2) is 21.9 Å². The first-order valence-electron chi connectivity index (χ1n) is 6.63. The molecule has 0 aromatic heterocycles. The predicted molar refractivity (Wildman–Crippen MR) is 82.9 cm³/mol. The second-order valence-corrected chi connectivity index (χ2v) is 7.37. The number of carboxylic acids is 1. The first kappa shape index (κ1) is 13.5. The van der Waals surface area contributed by atoms with E-state index in [1.165, 1.54) is 10.8 Å². The average molecular weight is 287 g/mol. The van der Waals surface area contributed by atoms with Gasteiger partial charge in [-0.3, -0.25) is 10.1 Å². The zero-order valence-electron chi connectivity index (χ0n) is 11.5. The van der Waals surface area contributed by atoms with Crippen LogP contribution >= 0.6 is 11.8 Å². The van der Waals surface area contributed by atoms with E-state index in [1.807, 2.05) is 32.0 Å². The molecule has 4 heteroatoms. The van der Waals surface area contributed by atoms with Gasteiger partial charge in [0.2, 0.25) is 0 Å². The molecule has 1 aliphatic rings. The molecule has 0 bridgehead atoms. The normalized spacial score (nSPS) is 24.9. The Balaban J connectivity index is 2.03. The topological polar surface area (TPSA) is 49.3 Å². The van der Waals surface area contributed by atoms with Gasteiger partial charge in [0, 0.05) is 4.75 Å². The number of thioether (sulfide) groups is 1. The van der Waals surface area contributed by atoms with Crippen LogP contribution in [0.2, 0.25) is 0 Å². The molecule has 0 unspecified atom stereocenters. The van der Waals surface area contributed by atoms with E-state index >= 15 is 0 Å². The molecule has 1 aliphatic heterocycles. The van der Waals surface area contributed by atoms with E-state index in [1.54, 1.807) is 11.8 Å². The van der Waals surface area contributed by atoms with Gasteiger partial charge in [0.1, 0.15) is 6.04 Å². The van der Waals surface area contributed by atoms with Gasteiger partial charge < -0.3 is 5.11 Å². The van der Waals surface area contributed by atoms with E-state index in [0.717, 1.165) is 5.56 Å². The molecule has 1 fully saturated rings.